The summed E-state index contributed by atoms with van der Waals surface area (Å²) in [6.45, 7) is 1.45. The smallest absolute Gasteiger partial charge is 0.300 e. The summed E-state index contributed by atoms with van der Waals surface area (Å²) in [4.78, 5) is 9.64. The number of halogens is 7. The van der Waals surface area contributed by atoms with Crippen molar-refractivity contribution < 1.29 is 27.6 Å². The van der Waals surface area contributed by atoms with E-state index in [1.807, 2.05) is 12.1 Å². The van der Waals surface area contributed by atoms with Crippen LogP contribution in [-0.2, 0) is 6.54 Å². The van der Waals surface area contributed by atoms with Crippen LogP contribution in [0.2, 0.25) is 0 Å². The van der Waals surface area contributed by atoms with Gasteiger partial charge in [-0.05, 0) is 49.6 Å². The molecule has 0 unspecified atom stereocenters. The minimum atomic E-state index is -2.51. The van der Waals surface area contributed by atoms with Crippen molar-refractivity contribution in [1.29, 1.82) is 0 Å². The van der Waals surface area contributed by atoms with E-state index in [1.165, 1.54) is 0 Å². The van der Waals surface area contributed by atoms with Crippen molar-refractivity contribution in [3.63, 3.8) is 0 Å². The number of ether oxygens (including phenoxy) is 1. The average molecular weight is 610 g/mol. The Kier molecular flexibility index (Phi) is 12.4. The molecule has 0 atom stereocenters. The predicted octanol–water partition coefficient (Wildman–Crippen LogP) is 4.55. The summed E-state index contributed by atoms with van der Waals surface area (Å²) in [5.41, 5.74) is 0.960. The molecule has 2 saturated heterocycles. The van der Waals surface area contributed by atoms with Crippen molar-refractivity contribution in [2.75, 3.05) is 33.3 Å². The number of hydrogen-bond donors (Lipinski definition) is 1. The van der Waals surface area contributed by atoms with Gasteiger partial charge in [-0.25, -0.2) is 17.6 Å². The molecule has 2 fully saturated rings. The normalized spacial score (nSPS) is 18.5. The second-order valence-electron chi connectivity index (χ2n) is 7.26. The third-order valence-electron chi connectivity index (χ3n) is 4.49. The Morgan fingerprint density at radius 1 is 1.00 bits per heavy atom. The molecule has 0 amide bonds. The molecular weight excluding hydrogens is 584 g/mol. The van der Waals surface area contributed by atoms with Gasteiger partial charge in [0, 0.05) is 47.0 Å². The summed E-state index contributed by atoms with van der Waals surface area (Å²) in [6, 6.07) is 3.76. The van der Waals surface area contributed by atoms with E-state index in [0.717, 1.165) is 20.3 Å². The van der Waals surface area contributed by atoms with E-state index in [1.54, 1.807) is 42.1 Å². The molecule has 0 spiro atoms. The SMILES string of the molecule is COc1cncc(Br)c1.Cl.FC1(F)CCN(Cc2cncc(Br)c2)C1.FC1(F)CC[NH2+]C1. The summed E-state index contributed by atoms with van der Waals surface area (Å²) >= 11 is 6.57. The summed E-state index contributed by atoms with van der Waals surface area (Å²) in [7, 11) is 1.61. The Bertz CT molecular complexity index is 828. The van der Waals surface area contributed by atoms with Crippen LogP contribution in [0.1, 0.15) is 18.4 Å². The number of likely N-dealkylation sites (tertiary alicyclic amines) is 1. The number of hydrogen-bond acceptors (Lipinski definition) is 4. The second-order valence-corrected chi connectivity index (χ2v) is 9.09. The van der Waals surface area contributed by atoms with E-state index in [9.17, 15) is 17.6 Å². The Morgan fingerprint density at radius 3 is 2.06 bits per heavy atom. The molecule has 4 heterocycles. The molecule has 0 radical (unpaired) electrons. The Labute approximate surface area is 208 Å². The van der Waals surface area contributed by atoms with Gasteiger partial charge in [-0.1, -0.05) is 0 Å². The quantitative estimate of drug-likeness (QED) is 0.520. The number of rotatable bonds is 3. The number of nitrogens with zero attached hydrogens (tertiary/aromatic N) is 3. The van der Waals surface area contributed by atoms with E-state index in [0.29, 0.717) is 19.6 Å². The number of methoxy groups -OCH3 is 1. The zero-order chi connectivity index (χ0) is 22.9. The van der Waals surface area contributed by atoms with Gasteiger partial charge in [0.15, 0.2) is 0 Å². The molecule has 2 aromatic heterocycles. The van der Waals surface area contributed by atoms with Gasteiger partial charge >= 0.3 is 5.92 Å². The first-order valence-corrected chi connectivity index (χ1v) is 11.2. The fourth-order valence-corrected chi connectivity index (χ4v) is 3.73. The number of nitrogens with two attached hydrogens (primary N) is 1. The Hall–Kier alpha value is -1.01. The standard InChI is InChI=1S/C10H11BrF2N2.C6H6BrNO.C4H7F2N.ClH/c11-9-3-8(4-14-5-9)6-15-2-1-10(12,13)7-15;1-9-6-2-5(7)3-8-4-6;5-4(6)1-2-7-3-4;/h3-5H,1-2,6-7H2;2-4H,1H3;7H,1-3H2;1H/p+1. The van der Waals surface area contributed by atoms with Gasteiger partial charge in [0.05, 0.1) is 32.8 Å². The lowest BCUT2D eigenvalue weighted by molar-refractivity contribution is -0.642. The zero-order valence-corrected chi connectivity index (χ0v) is 21.4. The van der Waals surface area contributed by atoms with E-state index in [2.05, 4.69) is 41.8 Å². The zero-order valence-electron chi connectivity index (χ0n) is 17.4. The molecule has 4 rings (SSSR count). The molecule has 0 aliphatic carbocycles. The van der Waals surface area contributed by atoms with Crippen LogP contribution < -0.4 is 10.1 Å². The minimum Gasteiger partial charge on any atom is -0.495 e. The van der Waals surface area contributed by atoms with Crippen LogP contribution in [0.4, 0.5) is 17.6 Å². The highest BCUT2D eigenvalue weighted by Crippen LogP contribution is 2.28. The fourth-order valence-electron chi connectivity index (χ4n) is 2.97. The first-order valence-electron chi connectivity index (χ1n) is 9.62. The van der Waals surface area contributed by atoms with Crippen molar-refractivity contribution in [2.24, 2.45) is 0 Å². The lowest BCUT2D eigenvalue weighted by atomic mass is 10.3. The molecule has 12 heteroatoms. The van der Waals surface area contributed by atoms with E-state index >= 15 is 0 Å². The van der Waals surface area contributed by atoms with E-state index in [-0.39, 0.29) is 38.3 Å². The van der Waals surface area contributed by atoms with Gasteiger partial charge in [0.2, 0.25) is 0 Å². The molecule has 0 bridgehead atoms. The maximum atomic E-state index is 12.9. The van der Waals surface area contributed by atoms with Crippen LogP contribution in [0.3, 0.4) is 0 Å². The van der Waals surface area contributed by atoms with Gasteiger partial charge in [-0.3, -0.25) is 14.9 Å². The molecule has 32 heavy (non-hydrogen) atoms. The van der Waals surface area contributed by atoms with Crippen molar-refractivity contribution in [3.05, 3.63) is 51.4 Å². The number of quaternary nitrogens is 1. The van der Waals surface area contributed by atoms with E-state index < -0.39 is 11.8 Å². The first kappa shape index (κ1) is 29.0. The molecule has 2 aliphatic rings. The maximum absolute atomic E-state index is 12.9. The predicted molar refractivity (Wildman–Crippen MR) is 124 cm³/mol. The summed E-state index contributed by atoms with van der Waals surface area (Å²) < 4.78 is 56.4. The van der Waals surface area contributed by atoms with Crippen LogP contribution in [0.25, 0.3) is 0 Å². The molecule has 180 valence electrons. The van der Waals surface area contributed by atoms with Gasteiger partial charge < -0.3 is 10.1 Å². The highest BCUT2D eigenvalue weighted by atomic mass is 79.9. The average Bonchev–Trinajstić information content (AvgIpc) is 3.26. The Balaban J connectivity index is 0.000000258. The van der Waals surface area contributed by atoms with Crippen LogP contribution in [0, 0.1) is 0 Å². The molecule has 0 saturated carbocycles. The monoisotopic (exact) mass is 607 g/mol. The molecular formula is C20H26Br2ClF4N4O+. The molecule has 2 aromatic rings. The van der Waals surface area contributed by atoms with Crippen LogP contribution >= 0.6 is 44.3 Å². The van der Waals surface area contributed by atoms with Crippen LogP contribution in [0.15, 0.2) is 45.9 Å². The van der Waals surface area contributed by atoms with Crippen LogP contribution in [-0.4, -0.2) is 60.0 Å². The first-order chi connectivity index (χ1) is 14.6. The maximum Gasteiger partial charge on any atom is 0.300 e. The molecule has 2 aliphatic heterocycles. The number of pyridine rings is 2. The molecule has 0 aromatic carbocycles. The highest BCUT2D eigenvalue weighted by Gasteiger charge is 2.38. The van der Waals surface area contributed by atoms with E-state index in [4.69, 9.17) is 4.74 Å². The van der Waals surface area contributed by atoms with Crippen LogP contribution in [0.5, 0.6) is 5.75 Å². The summed E-state index contributed by atoms with van der Waals surface area (Å²) in [5, 5.41) is 1.64. The summed E-state index contributed by atoms with van der Waals surface area (Å²) in [6.07, 6.45) is 6.79. The Morgan fingerprint density at radius 2 is 1.66 bits per heavy atom. The minimum absolute atomic E-state index is 0. The lowest BCUT2D eigenvalue weighted by Gasteiger charge is -2.15. The fraction of sp³-hybridized carbons (Fsp3) is 0.500. The number of aromatic nitrogens is 2. The third-order valence-corrected chi connectivity index (χ3v) is 5.36. The second kappa shape index (κ2) is 13.6. The highest BCUT2D eigenvalue weighted by molar-refractivity contribution is 9.10. The van der Waals surface area contributed by atoms with Crippen molar-refractivity contribution >= 4 is 44.3 Å². The van der Waals surface area contributed by atoms with Gasteiger partial charge in [-0.2, -0.15) is 0 Å². The van der Waals surface area contributed by atoms with Gasteiger partial charge in [-0.15, -0.1) is 12.4 Å². The molecule has 5 nitrogen and oxygen atoms in total. The summed E-state index contributed by atoms with van der Waals surface area (Å²) in [5.74, 6) is -4.11. The molecule has 2 N–H and O–H groups in total. The van der Waals surface area contributed by atoms with Crippen molar-refractivity contribution in [1.82, 2.24) is 14.9 Å². The largest absolute Gasteiger partial charge is 0.495 e. The topological polar surface area (TPSA) is 54.9 Å². The van der Waals surface area contributed by atoms with Crippen molar-refractivity contribution in [2.45, 2.75) is 31.2 Å². The third kappa shape index (κ3) is 11.2. The van der Waals surface area contributed by atoms with Crippen molar-refractivity contribution in [3.8, 4) is 5.75 Å². The van der Waals surface area contributed by atoms with Gasteiger partial charge in [0.1, 0.15) is 12.3 Å². The lowest BCUT2D eigenvalue weighted by Crippen LogP contribution is -2.82. The number of alkyl halides is 4. The van der Waals surface area contributed by atoms with Gasteiger partial charge in [0.25, 0.3) is 5.92 Å².